The summed E-state index contributed by atoms with van der Waals surface area (Å²) in [5.41, 5.74) is 2.13. The summed E-state index contributed by atoms with van der Waals surface area (Å²) < 4.78 is 14.8. The molecule has 0 bridgehead atoms. The molecular formula is C20H27FN4O. The Kier molecular flexibility index (Phi) is 7.86. The second kappa shape index (κ2) is 10.4. The predicted molar refractivity (Wildman–Crippen MR) is 104 cm³/mol. The number of hydrogen-bond donors (Lipinski definition) is 2. The maximum absolute atomic E-state index is 13.1. The number of nitrogens with one attached hydrogen (secondary N) is 2. The van der Waals surface area contributed by atoms with Crippen LogP contribution in [0.15, 0.2) is 52.4 Å². The average Bonchev–Trinajstić information content (AvgIpc) is 2.63. The van der Waals surface area contributed by atoms with Gasteiger partial charge in [-0.2, -0.15) is 0 Å². The molecule has 140 valence electrons. The largest absolute Gasteiger partial charge is 0.356 e. The summed E-state index contributed by atoms with van der Waals surface area (Å²) in [6.45, 7) is 4.16. The Hall–Kier alpha value is -2.63. The van der Waals surface area contributed by atoms with Gasteiger partial charge in [0.2, 0.25) is 5.56 Å². The Labute approximate surface area is 154 Å². The lowest BCUT2D eigenvalue weighted by Gasteiger charge is -2.13. The molecule has 2 N–H and O–H groups in total. The molecule has 6 heteroatoms. The summed E-state index contributed by atoms with van der Waals surface area (Å²) in [5.74, 6) is 0.552. The van der Waals surface area contributed by atoms with Crippen LogP contribution in [-0.2, 0) is 13.0 Å². The van der Waals surface area contributed by atoms with Crippen LogP contribution in [0.25, 0.3) is 0 Å². The van der Waals surface area contributed by atoms with Gasteiger partial charge in [0.15, 0.2) is 5.96 Å². The van der Waals surface area contributed by atoms with Crippen LogP contribution in [0.3, 0.4) is 0 Å². The molecule has 26 heavy (non-hydrogen) atoms. The van der Waals surface area contributed by atoms with Crippen molar-refractivity contribution >= 4 is 5.96 Å². The Morgan fingerprint density at radius 1 is 1.15 bits per heavy atom. The van der Waals surface area contributed by atoms with Crippen molar-refractivity contribution in [3.63, 3.8) is 0 Å². The van der Waals surface area contributed by atoms with Crippen molar-refractivity contribution in [1.82, 2.24) is 15.2 Å². The first-order valence-electron chi connectivity index (χ1n) is 8.95. The molecule has 0 saturated heterocycles. The average molecular weight is 358 g/mol. The van der Waals surface area contributed by atoms with E-state index in [0.717, 1.165) is 56.0 Å². The van der Waals surface area contributed by atoms with E-state index in [1.165, 1.54) is 6.07 Å². The highest BCUT2D eigenvalue weighted by molar-refractivity contribution is 5.79. The molecule has 0 aliphatic rings. The molecule has 5 nitrogen and oxygen atoms in total. The van der Waals surface area contributed by atoms with Crippen molar-refractivity contribution in [2.45, 2.75) is 32.7 Å². The van der Waals surface area contributed by atoms with Crippen molar-refractivity contribution in [1.29, 1.82) is 0 Å². The number of aliphatic imine (C=N–C) groups is 1. The zero-order valence-electron chi connectivity index (χ0n) is 15.5. The van der Waals surface area contributed by atoms with Crippen LogP contribution in [0.1, 0.15) is 24.0 Å². The van der Waals surface area contributed by atoms with Gasteiger partial charge >= 0.3 is 0 Å². The van der Waals surface area contributed by atoms with E-state index in [9.17, 15) is 9.18 Å². The van der Waals surface area contributed by atoms with E-state index in [-0.39, 0.29) is 11.4 Å². The van der Waals surface area contributed by atoms with Gasteiger partial charge < -0.3 is 15.2 Å². The van der Waals surface area contributed by atoms with E-state index in [0.29, 0.717) is 0 Å². The quantitative estimate of drug-likeness (QED) is 0.433. The molecule has 0 fully saturated rings. The highest BCUT2D eigenvalue weighted by Crippen LogP contribution is 2.10. The summed E-state index contributed by atoms with van der Waals surface area (Å²) >= 11 is 0. The lowest BCUT2D eigenvalue weighted by molar-refractivity contribution is 0.585. The van der Waals surface area contributed by atoms with Crippen LogP contribution in [0, 0.1) is 12.7 Å². The van der Waals surface area contributed by atoms with E-state index < -0.39 is 0 Å². The van der Waals surface area contributed by atoms with Crippen LogP contribution in [0.2, 0.25) is 0 Å². The van der Waals surface area contributed by atoms with Gasteiger partial charge in [0.1, 0.15) is 5.82 Å². The molecule has 0 aliphatic heterocycles. The Morgan fingerprint density at radius 3 is 2.69 bits per heavy atom. The molecule has 0 amide bonds. The van der Waals surface area contributed by atoms with Crippen molar-refractivity contribution in [2.75, 3.05) is 20.1 Å². The molecule has 1 heterocycles. The smallest absolute Gasteiger partial charge is 0.250 e. The molecule has 1 aromatic carbocycles. The van der Waals surface area contributed by atoms with Crippen LogP contribution >= 0.6 is 0 Å². The summed E-state index contributed by atoms with van der Waals surface area (Å²) in [6.07, 6.45) is 4.49. The van der Waals surface area contributed by atoms with Gasteiger partial charge in [-0.1, -0.05) is 12.1 Å². The van der Waals surface area contributed by atoms with Gasteiger partial charge in [-0.3, -0.25) is 9.79 Å². The highest BCUT2D eigenvalue weighted by atomic mass is 19.1. The molecular weight excluding hydrogens is 331 g/mol. The number of hydrogen-bond acceptors (Lipinski definition) is 2. The number of halogens is 1. The maximum atomic E-state index is 13.1. The molecule has 0 aliphatic carbocycles. The first kappa shape index (κ1) is 19.7. The number of guanidine groups is 1. The van der Waals surface area contributed by atoms with E-state index >= 15 is 0 Å². The lowest BCUT2D eigenvalue weighted by Crippen LogP contribution is -2.38. The topological polar surface area (TPSA) is 58.4 Å². The van der Waals surface area contributed by atoms with Crippen molar-refractivity contribution in [2.24, 2.45) is 4.99 Å². The Balaban J connectivity index is 1.65. The van der Waals surface area contributed by atoms with E-state index in [4.69, 9.17) is 0 Å². The third kappa shape index (κ3) is 6.35. The van der Waals surface area contributed by atoms with Crippen LogP contribution in [0.5, 0.6) is 0 Å². The maximum Gasteiger partial charge on any atom is 0.250 e. The van der Waals surface area contributed by atoms with Crippen LogP contribution < -0.4 is 16.2 Å². The van der Waals surface area contributed by atoms with Crippen LogP contribution in [0.4, 0.5) is 4.39 Å². The number of benzene rings is 1. The summed E-state index contributed by atoms with van der Waals surface area (Å²) in [4.78, 5) is 15.8. The molecule has 0 saturated carbocycles. The Morgan fingerprint density at radius 2 is 1.96 bits per heavy atom. The second-order valence-corrected chi connectivity index (χ2v) is 6.19. The SMILES string of the molecule is CN=C(NCCCCn1ccccc1=O)NCCc1ccc(F)cc1C. The van der Waals surface area contributed by atoms with Gasteiger partial charge in [0.25, 0.3) is 0 Å². The Bertz CT molecular complexity index is 785. The van der Waals surface area contributed by atoms with Gasteiger partial charge in [0, 0.05) is 38.9 Å². The third-order valence-corrected chi connectivity index (χ3v) is 4.23. The molecule has 0 spiro atoms. The highest BCUT2D eigenvalue weighted by Gasteiger charge is 2.02. The van der Waals surface area contributed by atoms with Crippen molar-refractivity contribution in [3.05, 3.63) is 69.9 Å². The van der Waals surface area contributed by atoms with Crippen molar-refractivity contribution < 1.29 is 4.39 Å². The fourth-order valence-corrected chi connectivity index (χ4v) is 2.74. The fourth-order valence-electron chi connectivity index (χ4n) is 2.74. The zero-order chi connectivity index (χ0) is 18.8. The first-order chi connectivity index (χ1) is 12.6. The third-order valence-electron chi connectivity index (χ3n) is 4.23. The normalized spacial score (nSPS) is 11.4. The molecule has 0 radical (unpaired) electrons. The predicted octanol–water partition coefficient (Wildman–Crippen LogP) is 2.48. The number of pyridine rings is 1. The number of unbranched alkanes of at least 4 members (excludes halogenated alkanes) is 1. The van der Waals surface area contributed by atoms with Gasteiger partial charge in [0.05, 0.1) is 0 Å². The first-order valence-corrected chi connectivity index (χ1v) is 8.95. The van der Waals surface area contributed by atoms with Gasteiger partial charge in [-0.15, -0.1) is 0 Å². The van der Waals surface area contributed by atoms with E-state index in [2.05, 4.69) is 15.6 Å². The fraction of sp³-hybridized carbons (Fsp3) is 0.400. The number of aromatic nitrogens is 1. The summed E-state index contributed by atoms with van der Waals surface area (Å²) in [5, 5.41) is 6.54. The molecule has 2 aromatic rings. The second-order valence-electron chi connectivity index (χ2n) is 6.19. The van der Waals surface area contributed by atoms with Crippen LogP contribution in [-0.4, -0.2) is 30.7 Å². The van der Waals surface area contributed by atoms with Crippen molar-refractivity contribution in [3.8, 4) is 0 Å². The molecule has 0 atom stereocenters. The van der Waals surface area contributed by atoms with Gasteiger partial charge in [-0.05, 0) is 55.5 Å². The minimum atomic E-state index is -0.200. The summed E-state index contributed by atoms with van der Waals surface area (Å²) in [7, 11) is 1.74. The van der Waals surface area contributed by atoms with Gasteiger partial charge in [-0.25, -0.2) is 4.39 Å². The zero-order valence-corrected chi connectivity index (χ0v) is 15.5. The molecule has 0 unspecified atom stereocenters. The minimum absolute atomic E-state index is 0.0361. The molecule has 1 aromatic heterocycles. The number of rotatable bonds is 8. The monoisotopic (exact) mass is 358 g/mol. The van der Waals surface area contributed by atoms with E-state index in [1.54, 1.807) is 29.8 Å². The lowest BCUT2D eigenvalue weighted by atomic mass is 10.1. The molecule has 2 rings (SSSR count). The minimum Gasteiger partial charge on any atom is -0.356 e. The number of nitrogens with zero attached hydrogens (tertiary/aromatic N) is 2. The standard InChI is InChI=1S/C20H27FN4O/c1-16-15-18(21)9-8-17(16)10-12-24-20(22-2)23-11-4-6-14-25-13-5-3-7-19(25)26/h3,5,7-9,13,15H,4,6,10-12,14H2,1-2H3,(H2,22,23,24). The van der Waals surface area contributed by atoms with E-state index in [1.807, 2.05) is 25.3 Å². The summed E-state index contributed by atoms with van der Waals surface area (Å²) in [6, 6.07) is 10.1. The number of aryl methyl sites for hydroxylation is 2.